The summed E-state index contributed by atoms with van der Waals surface area (Å²) < 4.78 is 0. The van der Waals surface area contributed by atoms with Crippen molar-refractivity contribution >= 4 is 0 Å². The Morgan fingerprint density at radius 3 is 2.73 bits per heavy atom. The van der Waals surface area contributed by atoms with Gasteiger partial charge in [0.05, 0.1) is 0 Å². The van der Waals surface area contributed by atoms with Gasteiger partial charge in [-0.25, -0.2) is 0 Å². The molecule has 0 bridgehead atoms. The number of hydrogen-bond donors (Lipinski definition) is 1. The fourth-order valence-corrected chi connectivity index (χ4v) is 1.81. The maximum absolute atomic E-state index is 4.26. The minimum atomic E-state index is 0.474. The second-order valence-corrected chi connectivity index (χ2v) is 4.05. The monoisotopic (exact) mass is 206 g/mol. The molecule has 1 heterocycles. The molecule has 1 aromatic heterocycles. The summed E-state index contributed by atoms with van der Waals surface area (Å²) in [5, 5.41) is 3.52. The second-order valence-electron chi connectivity index (χ2n) is 4.05. The summed E-state index contributed by atoms with van der Waals surface area (Å²) in [4.78, 5) is 4.26. The van der Waals surface area contributed by atoms with E-state index in [1.807, 2.05) is 12.4 Å². The average molecular weight is 206 g/mol. The van der Waals surface area contributed by atoms with E-state index in [-0.39, 0.29) is 0 Å². The first-order valence-corrected chi connectivity index (χ1v) is 5.92. The molecule has 0 aliphatic carbocycles. The molecule has 0 aliphatic rings. The van der Waals surface area contributed by atoms with E-state index in [0.717, 1.165) is 6.54 Å². The van der Waals surface area contributed by atoms with E-state index in [1.165, 1.54) is 30.4 Å². The summed E-state index contributed by atoms with van der Waals surface area (Å²) in [6, 6.07) is 2.71. The van der Waals surface area contributed by atoms with E-state index in [4.69, 9.17) is 0 Å². The molecule has 0 spiro atoms. The molecule has 2 nitrogen and oxygen atoms in total. The third-order valence-corrected chi connectivity index (χ3v) is 2.60. The minimum absolute atomic E-state index is 0.474. The lowest BCUT2D eigenvalue weighted by Gasteiger charge is -2.17. The van der Waals surface area contributed by atoms with Crippen molar-refractivity contribution in [2.24, 2.45) is 0 Å². The number of rotatable bonds is 6. The van der Waals surface area contributed by atoms with Gasteiger partial charge < -0.3 is 5.32 Å². The van der Waals surface area contributed by atoms with Crippen LogP contribution in [0.2, 0.25) is 0 Å². The molecule has 0 fully saturated rings. The second kappa shape index (κ2) is 6.57. The summed E-state index contributed by atoms with van der Waals surface area (Å²) in [5.41, 5.74) is 2.57. The van der Waals surface area contributed by atoms with Gasteiger partial charge in [-0.1, -0.05) is 32.8 Å². The van der Waals surface area contributed by atoms with Crippen molar-refractivity contribution in [2.45, 2.75) is 46.1 Å². The SMILES string of the molecule is CCCCC(NCC)c1cncc(C)c1. The van der Waals surface area contributed by atoms with E-state index >= 15 is 0 Å². The third-order valence-electron chi connectivity index (χ3n) is 2.60. The Hall–Kier alpha value is -0.890. The van der Waals surface area contributed by atoms with E-state index in [2.05, 4.69) is 37.1 Å². The molecule has 84 valence electrons. The van der Waals surface area contributed by atoms with Crippen LogP contribution in [0.4, 0.5) is 0 Å². The maximum Gasteiger partial charge on any atom is 0.0335 e. The molecule has 1 atom stereocenters. The third kappa shape index (κ3) is 4.00. The number of pyridine rings is 1. The van der Waals surface area contributed by atoms with Crippen molar-refractivity contribution in [2.75, 3.05) is 6.54 Å². The number of aryl methyl sites for hydroxylation is 1. The van der Waals surface area contributed by atoms with Gasteiger partial charge in [0.25, 0.3) is 0 Å². The molecule has 0 saturated carbocycles. The molecule has 0 saturated heterocycles. The molecule has 1 unspecified atom stereocenters. The van der Waals surface area contributed by atoms with Gasteiger partial charge in [-0.2, -0.15) is 0 Å². The summed E-state index contributed by atoms with van der Waals surface area (Å²) in [6.45, 7) is 7.50. The van der Waals surface area contributed by atoms with Crippen LogP contribution in [-0.4, -0.2) is 11.5 Å². The van der Waals surface area contributed by atoms with Crippen molar-refractivity contribution in [3.8, 4) is 0 Å². The summed E-state index contributed by atoms with van der Waals surface area (Å²) in [6.07, 6.45) is 7.62. The Bertz CT molecular complexity index is 284. The lowest BCUT2D eigenvalue weighted by molar-refractivity contribution is 0.493. The Balaban J connectivity index is 2.69. The first kappa shape index (κ1) is 12.2. The minimum Gasteiger partial charge on any atom is -0.310 e. The van der Waals surface area contributed by atoms with E-state index in [0.29, 0.717) is 6.04 Å². The van der Waals surface area contributed by atoms with Gasteiger partial charge in [-0.15, -0.1) is 0 Å². The predicted octanol–water partition coefficient (Wildman–Crippen LogP) is 3.23. The molecule has 1 rings (SSSR count). The van der Waals surface area contributed by atoms with E-state index < -0.39 is 0 Å². The average Bonchev–Trinajstić information content (AvgIpc) is 2.24. The lowest BCUT2D eigenvalue weighted by atomic mass is 10.0. The molecule has 0 aromatic carbocycles. The zero-order valence-electron chi connectivity index (χ0n) is 10.1. The predicted molar refractivity (Wildman–Crippen MR) is 64.9 cm³/mol. The first-order valence-electron chi connectivity index (χ1n) is 5.92. The van der Waals surface area contributed by atoms with Crippen LogP contribution in [0, 0.1) is 6.92 Å². The molecule has 0 amide bonds. The van der Waals surface area contributed by atoms with Crippen molar-refractivity contribution in [1.29, 1.82) is 0 Å². The van der Waals surface area contributed by atoms with Gasteiger partial charge in [-0.05, 0) is 31.0 Å². The number of aromatic nitrogens is 1. The molecular weight excluding hydrogens is 184 g/mol. The highest BCUT2D eigenvalue weighted by molar-refractivity contribution is 5.20. The molecule has 1 aromatic rings. The Labute approximate surface area is 93.1 Å². The van der Waals surface area contributed by atoms with Gasteiger partial charge >= 0.3 is 0 Å². The van der Waals surface area contributed by atoms with Crippen molar-refractivity contribution in [1.82, 2.24) is 10.3 Å². The van der Waals surface area contributed by atoms with Crippen LogP contribution in [0.3, 0.4) is 0 Å². The fraction of sp³-hybridized carbons (Fsp3) is 0.615. The van der Waals surface area contributed by atoms with E-state index in [9.17, 15) is 0 Å². The van der Waals surface area contributed by atoms with Crippen LogP contribution < -0.4 is 5.32 Å². The molecule has 1 N–H and O–H groups in total. The van der Waals surface area contributed by atoms with Crippen molar-refractivity contribution in [3.63, 3.8) is 0 Å². The van der Waals surface area contributed by atoms with Gasteiger partial charge in [0.2, 0.25) is 0 Å². The van der Waals surface area contributed by atoms with Crippen LogP contribution >= 0.6 is 0 Å². The number of nitrogens with zero attached hydrogens (tertiary/aromatic N) is 1. The summed E-state index contributed by atoms with van der Waals surface area (Å²) in [5.74, 6) is 0. The highest BCUT2D eigenvalue weighted by atomic mass is 14.9. The summed E-state index contributed by atoms with van der Waals surface area (Å²) in [7, 11) is 0. The first-order chi connectivity index (χ1) is 7.27. The van der Waals surface area contributed by atoms with Crippen LogP contribution in [0.25, 0.3) is 0 Å². The molecule has 15 heavy (non-hydrogen) atoms. The van der Waals surface area contributed by atoms with Crippen LogP contribution in [0.1, 0.15) is 50.3 Å². The largest absolute Gasteiger partial charge is 0.310 e. The standard InChI is InChI=1S/C13H22N2/c1-4-6-7-13(15-5-2)12-8-11(3)9-14-10-12/h8-10,13,15H,4-7H2,1-3H3. The normalized spacial score (nSPS) is 12.7. The van der Waals surface area contributed by atoms with Crippen molar-refractivity contribution in [3.05, 3.63) is 29.6 Å². The highest BCUT2D eigenvalue weighted by Crippen LogP contribution is 2.19. The fourth-order valence-electron chi connectivity index (χ4n) is 1.81. The number of nitrogens with one attached hydrogen (secondary N) is 1. The number of hydrogen-bond acceptors (Lipinski definition) is 2. The smallest absolute Gasteiger partial charge is 0.0335 e. The lowest BCUT2D eigenvalue weighted by Crippen LogP contribution is -2.21. The van der Waals surface area contributed by atoms with Gasteiger partial charge in [-0.3, -0.25) is 4.98 Å². The zero-order chi connectivity index (χ0) is 11.1. The Kier molecular flexibility index (Phi) is 5.33. The van der Waals surface area contributed by atoms with Crippen LogP contribution in [0.15, 0.2) is 18.5 Å². The topological polar surface area (TPSA) is 24.9 Å². The Morgan fingerprint density at radius 2 is 2.13 bits per heavy atom. The number of unbranched alkanes of at least 4 members (excludes halogenated alkanes) is 1. The van der Waals surface area contributed by atoms with Crippen LogP contribution in [-0.2, 0) is 0 Å². The zero-order valence-corrected chi connectivity index (χ0v) is 10.1. The summed E-state index contributed by atoms with van der Waals surface area (Å²) >= 11 is 0. The molecule has 0 radical (unpaired) electrons. The van der Waals surface area contributed by atoms with Crippen LogP contribution in [0.5, 0.6) is 0 Å². The molecule has 0 aliphatic heterocycles. The van der Waals surface area contributed by atoms with Gasteiger partial charge in [0, 0.05) is 18.4 Å². The quantitative estimate of drug-likeness (QED) is 0.773. The highest BCUT2D eigenvalue weighted by Gasteiger charge is 2.09. The Morgan fingerprint density at radius 1 is 1.33 bits per heavy atom. The molecular formula is C13H22N2. The van der Waals surface area contributed by atoms with E-state index in [1.54, 1.807) is 0 Å². The van der Waals surface area contributed by atoms with Gasteiger partial charge in [0.15, 0.2) is 0 Å². The van der Waals surface area contributed by atoms with Gasteiger partial charge in [0.1, 0.15) is 0 Å². The molecule has 2 heteroatoms. The maximum atomic E-state index is 4.26. The van der Waals surface area contributed by atoms with Crippen molar-refractivity contribution < 1.29 is 0 Å².